The van der Waals surface area contributed by atoms with E-state index in [2.05, 4.69) is 20.8 Å². The Morgan fingerprint density at radius 2 is 1.93 bits per heavy atom. The van der Waals surface area contributed by atoms with Crippen molar-refractivity contribution in [3.8, 4) is 0 Å². The Hall–Kier alpha value is -3.31. The fourth-order valence-electron chi connectivity index (χ4n) is 2.52. The Bertz CT molecular complexity index is 1120. The smallest absolute Gasteiger partial charge is 0.270 e. The van der Waals surface area contributed by atoms with Crippen LogP contribution in [0.2, 0.25) is 0 Å². The lowest BCUT2D eigenvalue weighted by atomic mass is 10.1. The van der Waals surface area contributed by atoms with E-state index in [1.165, 1.54) is 36.0 Å². The lowest BCUT2D eigenvalue weighted by molar-refractivity contribution is -0.384. The van der Waals surface area contributed by atoms with Crippen molar-refractivity contribution >= 4 is 51.4 Å². The predicted molar refractivity (Wildman–Crippen MR) is 116 cm³/mol. The number of nitrogens with one attached hydrogen (secondary N) is 2. The molecular weight excluding hydrogens is 426 g/mol. The highest BCUT2D eigenvalue weighted by Crippen LogP contribution is 2.26. The van der Waals surface area contributed by atoms with Gasteiger partial charge in [0.05, 0.1) is 10.7 Å². The molecule has 0 atom stereocenters. The first-order valence-electron chi connectivity index (χ1n) is 8.71. The van der Waals surface area contributed by atoms with E-state index >= 15 is 0 Å². The number of nitrogens with zero attached hydrogens (tertiary/aromatic N) is 3. The third kappa shape index (κ3) is 5.61. The van der Waals surface area contributed by atoms with E-state index in [9.17, 15) is 19.7 Å². The second-order valence-electron chi connectivity index (χ2n) is 6.29. The van der Waals surface area contributed by atoms with Crippen molar-refractivity contribution in [3.63, 3.8) is 0 Å². The molecule has 3 aromatic rings. The van der Waals surface area contributed by atoms with Gasteiger partial charge in [-0.05, 0) is 31.5 Å². The van der Waals surface area contributed by atoms with Crippen LogP contribution in [0.3, 0.4) is 0 Å². The number of aryl methyl sites for hydroxylation is 2. The van der Waals surface area contributed by atoms with Gasteiger partial charge in [0.2, 0.25) is 11.0 Å². The van der Waals surface area contributed by atoms with Crippen LogP contribution in [-0.4, -0.2) is 32.7 Å². The highest BCUT2D eigenvalue weighted by atomic mass is 32.2. The fourth-order valence-corrected chi connectivity index (χ4v) is 4.06. The van der Waals surface area contributed by atoms with Crippen LogP contribution in [0.25, 0.3) is 0 Å². The lowest BCUT2D eigenvalue weighted by Crippen LogP contribution is -2.14. The Morgan fingerprint density at radius 3 is 2.67 bits per heavy atom. The van der Waals surface area contributed by atoms with Gasteiger partial charge in [-0.15, -0.1) is 10.2 Å². The number of carbonyl (C=O) groups excluding carboxylic acids is 2. The molecule has 0 saturated carbocycles. The zero-order valence-corrected chi connectivity index (χ0v) is 17.7. The minimum Gasteiger partial charge on any atom is -0.325 e. The SMILES string of the molecule is Cc1ccc(NC(=O)CSc2nnc(NC(=O)c3cccc([N+](=O)[O-])c3)s2)c(C)c1. The van der Waals surface area contributed by atoms with Crippen molar-refractivity contribution in [2.75, 3.05) is 16.4 Å². The van der Waals surface area contributed by atoms with Crippen molar-refractivity contribution in [3.05, 3.63) is 69.3 Å². The number of nitro benzene ring substituents is 1. The van der Waals surface area contributed by atoms with Crippen LogP contribution in [0.15, 0.2) is 46.8 Å². The molecule has 0 bridgehead atoms. The zero-order chi connectivity index (χ0) is 21.7. The highest BCUT2D eigenvalue weighted by Gasteiger charge is 2.15. The molecule has 3 rings (SSSR count). The first kappa shape index (κ1) is 21.4. The molecule has 2 N–H and O–H groups in total. The molecule has 0 unspecified atom stereocenters. The molecule has 9 nitrogen and oxygen atoms in total. The molecule has 0 aliphatic carbocycles. The summed E-state index contributed by atoms with van der Waals surface area (Å²) in [5.41, 5.74) is 2.82. The van der Waals surface area contributed by atoms with Crippen molar-refractivity contribution in [2.45, 2.75) is 18.2 Å². The van der Waals surface area contributed by atoms with E-state index < -0.39 is 10.8 Å². The average molecular weight is 444 g/mol. The number of nitro groups is 1. The summed E-state index contributed by atoms with van der Waals surface area (Å²) in [6.45, 7) is 3.91. The molecule has 0 radical (unpaired) electrons. The Kier molecular flexibility index (Phi) is 6.75. The van der Waals surface area contributed by atoms with Crippen LogP contribution in [0.1, 0.15) is 21.5 Å². The molecule has 0 saturated heterocycles. The maximum Gasteiger partial charge on any atom is 0.270 e. The van der Waals surface area contributed by atoms with Crippen molar-refractivity contribution in [1.29, 1.82) is 0 Å². The molecule has 30 heavy (non-hydrogen) atoms. The lowest BCUT2D eigenvalue weighted by Gasteiger charge is -2.08. The molecule has 0 aliphatic heterocycles. The maximum absolute atomic E-state index is 12.3. The average Bonchev–Trinajstić information content (AvgIpc) is 3.16. The Morgan fingerprint density at radius 1 is 1.13 bits per heavy atom. The van der Waals surface area contributed by atoms with Gasteiger partial charge in [0.1, 0.15) is 0 Å². The van der Waals surface area contributed by atoms with Gasteiger partial charge in [-0.3, -0.25) is 25.0 Å². The summed E-state index contributed by atoms with van der Waals surface area (Å²) >= 11 is 2.31. The number of anilines is 2. The number of benzene rings is 2. The normalized spacial score (nSPS) is 10.5. The minimum absolute atomic E-state index is 0.140. The van der Waals surface area contributed by atoms with Crippen LogP contribution in [0, 0.1) is 24.0 Å². The molecule has 1 heterocycles. The van der Waals surface area contributed by atoms with Crippen molar-refractivity contribution < 1.29 is 14.5 Å². The van der Waals surface area contributed by atoms with E-state index in [-0.39, 0.29) is 28.0 Å². The minimum atomic E-state index is -0.570. The quantitative estimate of drug-likeness (QED) is 0.244. The van der Waals surface area contributed by atoms with Crippen molar-refractivity contribution in [2.24, 2.45) is 0 Å². The molecule has 0 aliphatic rings. The van der Waals surface area contributed by atoms with Crippen LogP contribution in [-0.2, 0) is 4.79 Å². The van der Waals surface area contributed by atoms with E-state index in [1.807, 2.05) is 32.0 Å². The summed E-state index contributed by atoms with van der Waals surface area (Å²) in [7, 11) is 0. The van der Waals surface area contributed by atoms with Gasteiger partial charge in [0, 0.05) is 23.4 Å². The first-order valence-corrected chi connectivity index (χ1v) is 10.5. The number of non-ortho nitro benzene ring substituents is 1. The second-order valence-corrected chi connectivity index (χ2v) is 8.49. The van der Waals surface area contributed by atoms with Gasteiger partial charge in [-0.2, -0.15) is 0 Å². The molecule has 0 fully saturated rings. The van der Waals surface area contributed by atoms with Crippen LogP contribution in [0.5, 0.6) is 0 Å². The summed E-state index contributed by atoms with van der Waals surface area (Å²) in [6.07, 6.45) is 0. The maximum atomic E-state index is 12.3. The van der Waals surface area contributed by atoms with E-state index in [4.69, 9.17) is 0 Å². The summed E-state index contributed by atoms with van der Waals surface area (Å²) < 4.78 is 0.514. The molecule has 2 aromatic carbocycles. The van der Waals surface area contributed by atoms with Crippen LogP contribution in [0.4, 0.5) is 16.5 Å². The van der Waals surface area contributed by atoms with Crippen molar-refractivity contribution in [1.82, 2.24) is 10.2 Å². The topological polar surface area (TPSA) is 127 Å². The number of hydrogen-bond donors (Lipinski definition) is 2. The summed E-state index contributed by atoms with van der Waals surface area (Å²) in [6, 6.07) is 11.2. The van der Waals surface area contributed by atoms with E-state index in [1.54, 1.807) is 0 Å². The molecular formula is C19H17N5O4S2. The standard InChI is InChI=1S/C19H17N5O4S2/c1-11-6-7-15(12(2)8-11)20-16(25)10-29-19-23-22-18(30-19)21-17(26)13-4-3-5-14(9-13)24(27)28/h3-9H,10H2,1-2H3,(H,20,25)(H,21,22,26). The Balaban J connectivity index is 1.54. The van der Waals surface area contributed by atoms with E-state index in [0.29, 0.717) is 4.34 Å². The molecule has 2 amide bonds. The molecule has 0 spiro atoms. The van der Waals surface area contributed by atoms with Gasteiger partial charge >= 0.3 is 0 Å². The number of carbonyl (C=O) groups is 2. The Labute approximate surface area is 180 Å². The summed E-state index contributed by atoms with van der Waals surface area (Å²) in [5.74, 6) is -0.566. The van der Waals surface area contributed by atoms with Gasteiger partial charge in [-0.25, -0.2) is 0 Å². The molecule has 11 heteroatoms. The number of rotatable bonds is 7. The highest BCUT2D eigenvalue weighted by molar-refractivity contribution is 8.01. The summed E-state index contributed by atoms with van der Waals surface area (Å²) in [5, 5.41) is 24.3. The summed E-state index contributed by atoms with van der Waals surface area (Å²) in [4.78, 5) is 34.7. The fraction of sp³-hybridized carbons (Fsp3) is 0.158. The third-order valence-corrected chi connectivity index (χ3v) is 5.90. The second kappa shape index (κ2) is 9.46. The van der Waals surface area contributed by atoms with Gasteiger partial charge in [0.15, 0.2) is 4.34 Å². The number of amides is 2. The number of thioether (sulfide) groups is 1. The zero-order valence-electron chi connectivity index (χ0n) is 16.0. The molecule has 154 valence electrons. The largest absolute Gasteiger partial charge is 0.325 e. The predicted octanol–water partition coefficient (Wildman–Crippen LogP) is 4.05. The van der Waals surface area contributed by atoms with Crippen LogP contribution < -0.4 is 10.6 Å². The van der Waals surface area contributed by atoms with Gasteiger partial charge < -0.3 is 5.32 Å². The molecule has 1 aromatic heterocycles. The number of hydrogen-bond acceptors (Lipinski definition) is 8. The third-order valence-electron chi connectivity index (χ3n) is 3.93. The van der Waals surface area contributed by atoms with Crippen LogP contribution >= 0.6 is 23.1 Å². The monoisotopic (exact) mass is 443 g/mol. The number of aromatic nitrogens is 2. The first-order chi connectivity index (χ1) is 14.3. The van der Waals surface area contributed by atoms with Gasteiger partial charge in [0.25, 0.3) is 11.6 Å². The van der Waals surface area contributed by atoms with Gasteiger partial charge in [-0.1, -0.05) is 46.9 Å². The van der Waals surface area contributed by atoms with E-state index in [0.717, 1.165) is 28.2 Å².